The molecule has 1 atom stereocenters. The Morgan fingerprint density at radius 1 is 0.758 bits per heavy atom. The van der Waals surface area contributed by atoms with Crippen molar-refractivity contribution in [2.24, 2.45) is 10.8 Å². The maximum Gasteiger partial charge on any atom is 0.0542 e. The summed E-state index contributed by atoms with van der Waals surface area (Å²) in [4.78, 5) is 0. The number of thiophene rings is 2. The Balaban J connectivity index is 1.48. The van der Waals surface area contributed by atoms with Gasteiger partial charge in [-0.05, 0) is 58.9 Å². The van der Waals surface area contributed by atoms with Crippen molar-refractivity contribution in [2.75, 3.05) is 5.33 Å². The summed E-state index contributed by atoms with van der Waals surface area (Å²) in [5.74, 6) is 0. The molecule has 5 aromatic rings. The lowest BCUT2D eigenvalue weighted by Gasteiger charge is -2.36. The van der Waals surface area contributed by atoms with Crippen LogP contribution < -0.4 is 0 Å². The van der Waals surface area contributed by atoms with E-state index in [0.717, 1.165) is 11.8 Å². The van der Waals surface area contributed by atoms with Crippen LogP contribution in [0.3, 0.4) is 0 Å². The third-order valence-corrected chi connectivity index (χ3v) is 10.9. The van der Waals surface area contributed by atoms with Crippen molar-refractivity contribution in [3.05, 3.63) is 72.3 Å². The van der Waals surface area contributed by atoms with E-state index in [1.807, 2.05) is 22.7 Å². The average Bonchev–Trinajstić information content (AvgIpc) is 3.34. The fraction of sp³-hybridized carbons (Fsp3) is 0.333. The van der Waals surface area contributed by atoms with Crippen molar-refractivity contribution >= 4 is 68.2 Å². The van der Waals surface area contributed by atoms with E-state index in [9.17, 15) is 0 Å². The molecule has 0 aliphatic rings. The molecule has 0 bridgehead atoms. The second-order valence-electron chi connectivity index (χ2n) is 10.6. The van der Waals surface area contributed by atoms with E-state index in [-0.39, 0.29) is 5.41 Å². The zero-order valence-electron chi connectivity index (χ0n) is 19.9. The Bertz CT molecular complexity index is 1420. The number of fused-ring (bicyclic) bond motifs is 5. The van der Waals surface area contributed by atoms with Gasteiger partial charge in [0, 0.05) is 25.5 Å². The van der Waals surface area contributed by atoms with Crippen molar-refractivity contribution in [1.82, 2.24) is 0 Å². The highest BCUT2D eigenvalue weighted by atomic mass is 79.9. The maximum atomic E-state index is 3.76. The third-order valence-electron chi connectivity index (χ3n) is 7.02. The van der Waals surface area contributed by atoms with Gasteiger partial charge in [0.15, 0.2) is 0 Å². The van der Waals surface area contributed by atoms with Crippen LogP contribution >= 0.6 is 38.6 Å². The second kappa shape index (κ2) is 8.83. The summed E-state index contributed by atoms with van der Waals surface area (Å²) in [6.45, 7) is 9.58. The molecule has 2 heterocycles. The molecule has 0 N–H and O–H groups in total. The molecule has 0 saturated carbocycles. The van der Waals surface area contributed by atoms with Gasteiger partial charge in [0.1, 0.15) is 0 Å². The zero-order valence-corrected chi connectivity index (χ0v) is 23.1. The molecule has 0 aliphatic carbocycles. The maximum absolute atomic E-state index is 3.76. The lowest BCUT2D eigenvalue weighted by atomic mass is 9.71. The van der Waals surface area contributed by atoms with E-state index >= 15 is 0 Å². The van der Waals surface area contributed by atoms with Crippen LogP contribution in [0.1, 0.15) is 46.1 Å². The lowest BCUT2D eigenvalue weighted by Crippen LogP contribution is -2.28. The van der Waals surface area contributed by atoms with E-state index in [2.05, 4.69) is 110 Å². The fourth-order valence-electron chi connectivity index (χ4n) is 5.26. The van der Waals surface area contributed by atoms with E-state index in [1.54, 1.807) is 0 Å². The Hall–Kier alpha value is -1.68. The van der Waals surface area contributed by atoms with Gasteiger partial charge >= 0.3 is 0 Å². The smallest absolute Gasteiger partial charge is 0.0542 e. The fourth-order valence-corrected chi connectivity index (χ4v) is 8.61. The van der Waals surface area contributed by atoms with Crippen molar-refractivity contribution < 1.29 is 0 Å². The molecule has 0 aliphatic heterocycles. The van der Waals surface area contributed by atoms with E-state index in [1.165, 1.54) is 59.1 Å². The molecule has 0 amide bonds. The number of benzene rings is 3. The topological polar surface area (TPSA) is 0 Å². The van der Waals surface area contributed by atoms with Gasteiger partial charge in [-0.3, -0.25) is 0 Å². The standard InChI is InChI=1S/C30H31BrS2/c1-5-30(4,19-31)18-29(2,3)17-20-11-13-23-25(15-20)32-28-24-14-12-22(16-26(24)33-27(23)28)21-9-7-6-8-10-21/h6-16H,5,17-19H2,1-4H3. The molecular weight excluding hydrogens is 504 g/mol. The molecule has 3 aromatic carbocycles. The summed E-state index contributed by atoms with van der Waals surface area (Å²) in [6, 6.07) is 24.8. The van der Waals surface area contributed by atoms with Crippen LogP contribution in [-0.2, 0) is 6.42 Å². The highest BCUT2D eigenvalue weighted by Gasteiger charge is 2.30. The SMILES string of the molecule is CCC(C)(CBr)CC(C)(C)Cc1ccc2c(c1)sc1c3ccc(-c4ccccc4)cc3sc21. The van der Waals surface area contributed by atoms with Crippen LogP contribution in [-0.4, -0.2) is 5.33 Å². The normalized spacial score (nSPS) is 14.3. The monoisotopic (exact) mass is 534 g/mol. The Labute approximate surface area is 213 Å². The molecule has 1 unspecified atom stereocenters. The van der Waals surface area contributed by atoms with Gasteiger partial charge in [-0.1, -0.05) is 98.2 Å². The summed E-state index contributed by atoms with van der Waals surface area (Å²) in [6.07, 6.45) is 3.56. The molecular formula is C30H31BrS2. The summed E-state index contributed by atoms with van der Waals surface area (Å²) in [7, 11) is 0. The highest BCUT2D eigenvalue weighted by molar-refractivity contribution is 9.09. The molecule has 0 saturated heterocycles. The van der Waals surface area contributed by atoms with Crippen LogP contribution in [0.2, 0.25) is 0 Å². The Morgan fingerprint density at radius 2 is 1.39 bits per heavy atom. The Kier molecular flexibility index (Phi) is 6.18. The molecule has 3 heteroatoms. The molecule has 0 spiro atoms. The zero-order chi connectivity index (χ0) is 23.2. The predicted molar refractivity (Wildman–Crippen MR) is 154 cm³/mol. The molecule has 0 radical (unpaired) electrons. The van der Waals surface area contributed by atoms with Crippen LogP contribution in [0, 0.1) is 10.8 Å². The first kappa shape index (κ1) is 23.1. The average molecular weight is 536 g/mol. The first-order valence-corrected chi connectivity index (χ1v) is 14.6. The predicted octanol–water partition coefficient (Wildman–Crippen LogP) is 10.7. The van der Waals surface area contributed by atoms with Gasteiger partial charge in [0.25, 0.3) is 0 Å². The third kappa shape index (κ3) is 4.52. The lowest BCUT2D eigenvalue weighted by molar-refractivity contribution is 0.193. The summed E-state index contributed by atoms with van der Waals surface area (Å²) in [5.41, 5.74) is 4.68. The van der Waals surface area contributed by atoms with E-state index < -0.39 is 0 Å². The first-order valence-electron chi connectivity index (χ1n) is 11.8. The molecule has 2 aromatic heterocycles. The summed E-state index contributed by atoms with van der Waals surface area (Å²) in [5, 5.41) is 3.88. The number of hydrogen-bond acceptors (Lipinski definition) is 2. The quantitative estimate of drug-likeness (QED) is 0.182. The van der Waals surface area contributed by atoms with Crippen molar-refractivity contribution in [3.63, 3.8) is 0 Å². The van der Waals surface area contributed by atoms with Crippen LogP contribution in [0.25, 0.3) is 40.7 Å². The second-order valence-corrected chi connectivity index (χ2v) is 13.3. The van der Waals surface area contributed by atoms with Crippen LogP contribution in [0.4, 0.5) is 0 Å². The number of halogens is 1. The highest BCUT2D eigenvalue weighted by Crippen LogP contribution is 2.46. The Morgan fingerprint density at radius 3 is 2.03 bits per heavy atom. The van der Waals surface area contributed by atoms with Gasteiger partial charge in [-0.2, -0.15) is 0 Å². The molecule has 33 heavy (non-hydrogen) atoms. The molecule has 170 valence electrons. The van der Waals surface area contributed by atoms with Crippen molar-refractivity contribution in [1.29, 1.82) is 0 Å². The van der Waals surface area contributed by atoms with Gasteiger partial charge in [-0.25, -0.2) is 0 Å². The number of rotatable bonds is 7. The van der Waals surface area contributed by atoms with Crippen molar-refractivity contribution in [3.8, 4) is 11.1 Å². The minimum absolute atomic E-state index is 0.279. The molecule has 0 fully saturated rings. The van der Waals surface area contributed by atoms with Gasteiger partial charge < -0.3 is 0 Å². The van der Waals surface area contributed by atoms with Gasteiger partial charge in [0.2, 0.25) is 0 Å². The van der Waals surface area contributed by atoms with Crippen LogP contribution in [0.15, 0.2) is 66.7 Å². The minimum Gasteiger partial charge on any atom is -0.134 e. The van der Waals surface area contributed by atoms with E-state index in [0.29, 0.717) is 5.41 Å². The summed E-state index contributed by atoms with van der Waals surface area (Å²) >= 11 is 7.67. The number of alkyl halides is 1. The molecule has 5 rings (SSSR count). The minimum atomic E-state index is 0.279. The van der Waals surface area contributed by atoms with E-state index in [4.69, 9.17) is 0 Å². The first-order chi connectivity index (χ1) is 15.8. The van der Waals surface area contributed by atoms with Gasteiger partial charge in [-0.15, -0.1) is 22.7 Å². The van der Waals surface area contributed by atoms with Crippen molar-refractivity contribution in [2.45, 2.75) is 47.0 Å². The van der Waals surface area contributed by atoms with Gasteiger partial charge in [0.05, 0.1) is 9.40 Å². The largest absolute Gasteiger partial charge is 0.134 e. The molecule has 0 nitrogen and oxygen atoms in total. The van der Waals surface area contributed by atoms with Crippen LogP contribution in [0.5, 0.6) is 0 Å². The number of hydrogen-bond donors (Lipinski definition) is 0. The summed E-state index contributed by atoms with van der Waals surface area (Å²) < 4.78 is 5.70.